The van der Waals surface area contributed by atoms with Crippen LogP contribution in [0.5, 0.6) is 17.2 Å². The fourth-order valence-electron chi connectivity index (χ4n) is 3.36. The van der Waals surface area contributed by atoms with Crippen molar-refractivity contribution in [3.05, 3.63) is 76.1 Å². The average Bonchev–Trinajstić information content (AvgIpc) is 2.87. The van der Waals surface area contributed by atoms with Gasteiger partial charge in [-0.25, -0.2) is 4.79 Å². The molecule has 3 N–H and O–H groups in total. The molecule has 0 saturated heterocycles. The zero-order chi connectivity index (χ0) is 26.1. The van der Waals surface area contributed by atoms with Gasteiger partial charge in [-0.1, -0.05) is 30.7 Å². The van der Waals surface area contributed by atoms with Crippen LogP contribution in [0.15, 0.2) is 48.7 Å². The summed E-state index contributed by atoms with van der Waals surface area (Å²) in [5.74, 6) is 1.67. The van der Waals surface area contributed by atoms with Gasteiger partial charge in [-0.05, 0) is 55.8 Å². The molecule has 190 valence electrons. The largest absolute Gasteiger partial charge is 0.490 e. The molecule has 1 heterocycles. The van der Waals surface area contributed by atoms with Crippen LogP contribution in [-0.2, 0) is 6.54 Å². The summed E-state index contributed by atoms with van der Waals surface area (Å²) in [7, 11) is 1.84. The average molecular weight is 511 g/mol. The normalized spacial score (nSPS) is 10.6. The van der Waals surface area contributed by atoms with Crippen molar-refractivity contribution in [1.29, 1.82) is 0 Å². The van der Waals surface area contributed by atoms with E-state index in [1.165, 1.54) is 0 Å². The maximum Gasteiger partial charge on any atom is 0.319 e. The van der Waals surface area contributed by atoms with Crippen LogP contribution in [-0.4, -0.2) is 37.0 Å². The molecule has 0 aliphatic heterocycles. The van der Waals surface area contributed by atoms with Gasteiger partial charge >= 0.3 is 6.03 Å². The highest BCUT2D eigenvalue weighted by atomic mass is 35.5. The molecular formula is C27H31ClN4O4. The summed E-state index contributed by atoms with van der Waals surface area (Å²) in [6, 6.07) is 12.1. The van der Waals surface area contributed by atoms with Crippen molar-refractivity contribution >= 4 is 29.1 Å². The highest BCUT2D eigenvalue weighted by Gasteiger charge is 2.12. The molecule has 0 saturated carbocycles. The first-order valence-corrected chi connectivity index (χ1v) is 12.1. The fourth-order valence-corrected chi connectivity index (χ4v) is 3.52. The monoisotopic (exact) mass is 510 g/mol. The number of amides is 2. The second-order valence-corrected chi connectivity index (χ2v) is 8.62. The number of nitrogens with zero attached hydrogens (tertiary/aromatic N) is 1. The first-order chi connectivity index (χ1) is 17.3. The molecule has 8 nitrogen and oxygen atoms in total. The quantitative estimate of drug-likeness (QED) is 0.227. The summed E-state index contributed by atoms with van der Waals surface area (Å²) in [5.41, 5.74) is 3.56. The van der Waals surface area contributed by atoms with E-state index in [0.717, 1.165) is 16.7 Å². The number of likely N-dealkylation sites (N-methyl/N-ethyl adjacent to an activating group) is 1. The minimum atomic E-state index is -0.363. The number of aryl methyl sites for hydroxylation is 2. The minimum Gasteiger partial charge on any atom is -0.490 e. The number of urea groups is 1. The lowest BCUT2D eigenvalue weighted by Crippen LogP contribution is -2.28. The molecule has 9 heteroatoms. The van der Waals surface area contributed by atoms with Crippen molar-refractivity contribution in [2.75, 3.05) is 25.5 Å². The molecule has 0 aliphatic carbocycles. The molecule has 0 bridgehead atoms. The van der Waals surface area contributed by atoms with E-state index < -0.39 is 0 Å². The summed E-state index contributed by atoms with van der Waals surface area (Å²) in [6.45, 7) is 7.00. The Kier molecular flexibility index (Phi) is 9.67. The summed E-state index contributed by atoms with van der Waals surface area (Å²) < 4.78 is 11.7. The third-order valence-corrected chi connectivity index (χ3v) is 5.78. The van der Waals surface area contributed by atoms with Gasteiger partial charge in [0.1, 0.15) is 29.5 Å². The Morgan fingerprint density at radius 1 is 1.03 bits per heavy atom. The Balaban J connectivity index is 1.61. The van der Waals surface area contributed by atoms with Crippen molar-refractivity contribution in [3.63, 3.8) is 0 Å². The maximum atomic E-state index is 12.6. The van der Waals surface area contributed by atoms with Crippen LogP contribution >= 0.6 is 11.6 Å². The van der Waals surface area contributed by atoms with Crippen molar-refractivity contribution in [3.8, 4) is 17.2 Å². The van der Waals surface area contributed by atoms with Crippen molar-refractivity contribution in [2.45, 2.75) is 33.7 Å². The van der Waals surface area contributed by atoms with E-state index in [1.54, 1.807) is 37.4 Å². The Morgan fingerprint density at radius 2 is 1.83 bits per heavy atom. The first kappa shape index (κ1) is 27.0. The molecule has 0 atom stereocenters. The third kappa shape index (κ3) is 7.44. The van der Waals surface area contributed by atoms with E-state index in [-0.39, 0.29) is 11.8 Å². The van der Waals surface area contributed by atoms with Crippen molar-refractivity contribution in [2.24, 2.45) is 0 Å². The maximum absolute atomic E-state index is 12.6. The predicted octanol–water partition coefficient (Wildman–Crippen LogP) is 5.66. The number of Topliss-reactive ketones (excluding diaryl/α,β-unsaturated/α-hetero) is 1. The molecule has 2 aromatic carbocycles. The molecule has 3 rings (SSSR count). The Bertz CT molecular complexity index is 1230. The number of carbonyl (C=O) groups is 2. The van der Waals surface area contributed by atoms with Crippen LogP contribution < -0.4 is 25.4 Å². The smallest absolute Gasteiger partial charge is 0.319 e. The van der Waals surface area contributed by atoms with Gasteiger partial charge in [-0.15, -0.1) is 0 Å². The summed E-state index contributed by atoms with van der Waals surface area (Å²) in [4.78, 5) is 28.6. The molecule has 1 aromatic heterocycles. The number of carbonyl (C=O) groups excluding carboxylic acids is 2. The molecule has 2 amide bonds. The van der Waals surface area contributed by atoms with Crippen LogP contribution in [0.2, 0.25) is 5.02 Å². The number of benzene rings is 2. The number of hydrogen-bond donors (Lipinski definition) is 3. The lowest BCUT2D eigenvalue weighted by molar-refractivity contribution is 0.0983. The Morgan fingerprint density at radius 3 is 2.56 bits per heavy atom. The third-order valence-electron chi connectivity index (χ3n) is 5.38. The molecule has 0 spiro atoms. The molecule has 3 aromatic rings. The second-order valence-electron chi connectivity index (χ2n) is 8.21. The molecule has 0 fully saturated rings. The van der Waals surface area contributed by atoms with Gasteiger partial charge in [-0.3, -0.25) is 9.78 Å². The van der Waals surface area contributed by atoms with Gasteiger partial charge in [0.25, 0.3) is 0 Å². The predicted molar refractivity (Wildman–Crippen MR) is 142 cm³/mol. The van der Waals surface area contributed by atoms with Gasteiger partial charge in [0, 0.05) is 42.9 Å². The van der Waals surface area contributed by atoms with Crippen LogP contribution in [0.25, 0.3) is 0 Å². The van der Waals surface area contributed by atoms with Crippen molar-refractivity contribution in [1.82, 2.24) is 15.6 Å². The molecular weight excluding hydrogens is 480 g/mol. The Hall–Kier alpha value is -3.62. The lowest BCUT2D eigenvalue weighted by atomic mass is 10.1. The summed E-state index contributed by atoms with van der Waals surface area (Å²) in [6.07, 6.45) is 1.94. The number of ketones is 1. The van der Waals surface area contributed by atoms with E-state index in [1.807, 2.05) is 39.1 Å². The number of pyridine rings is 1. The van der Waals surface area contributed by atoms with Crippen LogP contribution in [0.3, 0.4) is 0 Å². The molecule has 36 heavy (non-hydrogen) atoms. The van der Waals surface area contributed by atoms with Gasteiger partial charge in [0.15, 0.2) is 5.78 Å². The SMILES string of the molecule is CCC(=O)c1cc(Oc2ccc(CNC(=O)Nc3cc(C)c(Cl)cc3OCCNC)cc2C)ccn1. The van der Waals surface area contributed by atoms with E-state index in [2.05, 4.69) is 20.9 Å². The standard InChI is InChI=1S/C27H31ClN4O4/c1-5-24(33)22-14-20(8-9-30-22)36-25-7-6-19(12-18(25)3)16-31-27(34)32-23-13-17(2)21(28)15-26(23)35-11-10-29-4/h6-9,12-15,29H,5,10-11,16H2,1-4H3,(H2,31,32,34). The highest BCUT2D eigenvalue weighted by Crippen LogP contribution is 2.31. The zero-order valence-corrected chi connectivity index (χ0v) is 21.7. The number of anilines is 1. The molecule has 0 radical (unpaired) electrons. The number of rotatable bonds is 11. The van der Waals surface area contributed by atoms with Crippen LogP contribution in [0, 0.1) is 13.8 Å². The summed E-state index contributed by atoms with van der Waals surface area (Å²) >= 11 is 6.23. The lowest BCUT2D eigenvalue weighted by Gasteiger charge is -2.15. The van der Waals surface area contributed by atoms with E-state index in [0.29, 0.717) is 59.8 Å². The zero-order valence-electron chi connectivity index (χ0n) is 20.9. The topological polar surface area (TPSA) is 102 Å². The van der Waals surface area contributed by atoms with E-state index in [9.17, 15) is 9.59 Å². The van der Waals surface area contributed by atoms with Crippen LogP contribution in [0.1, 0.15) is 40.5 Å². The number of hydrogen-bond acceptors (Lipinski definition) is 6. The van der Waals surface area contributed by atoms with Gasteiger partial charge in [-0.2, -0.15) is 0 Å². The van der Waals surface area contributed by atoms with Gasteiger partial charge in [0.05, 0.1) is 5.69 Å². The first-order valence-electron chi connectivity index (χ1n) is 11.7. The number of nitrogens with one attached hydrogen (secondary N) is 3. The van der Waals surface area contributed by atoms with Crippen LogP contribution in [0.4, 0.5) is 10.5 Å². The number of aromatic nitrogens is 1. The second kappa shape index (κ2) is 12.9. The minimum absolute atomic E-state index is 0.0396. The van der Waals surface area contributed by atoms with E-state index in [4.69, 9.17) is 21.1 Å². The number of halogens is 1. The van der Waals surface area contributed by atoms with Gasteiger partial charge < -0.3 is 25.4 Å². The molecule has 0 unspecified atom stereocenters. The Labute approximate surface area is 216 Å². The fraction of sp³-hybridized carbons (Fsp3) is 0.296. The highest BCUT2D eigenvalue weighted by molar-refractivity contribution is 6.31. The van der Waals surface area contributed by atoms with Crippen molar-refractivity contribution < 1.29 is 19.1 Å². The van der Waals surface area contributed by atoms with Gasteiger partial charge in [0.2, 0.25) is 0 Å². The van der Waals surface area contributed by atoms with E-state index >= 15 is 0 Å². The number of ether oxygens (including phenoxy) is 2. The summed E-state index contributed by atoms with van der Waals surface area (Å²) in [5, 5.41) is 9.28. The molecule has 0 aliphatic rings.